The first-order valence-electron chi connectivity index (χ1n) is 3.71. The van der Waals surface area contributed by atoms with Crippen LogP contribution in [-0.2, 0) is 11.3 Å². The van der Waals surface area contributed by atoms with E-state index in [1.54, 1.807) is 6.07 Å². The zero-order valence-corrected chi connectivity index (χ0v) is 7.35. The van der Waals surface area contributed by atoms with Crippen LogP contribution in [0.3, 0.4) is 0 Å². The molecule has 0 spiro atoms. The second-order valence-corrected chi connectivity index (χ2v) is 2.74. The van der Waals surface area contributed by atoms with Crippen LogP contribution in [0, 0.1) is 0 Å². The summed E-state index contributed by atoms with van der Waals surface area (Å²) in [7, 11) is 0. The Bertz CT molecular complexity index is 240. The molecule has 0 bridgehead atoms. The Hall–Kier alpha value is -0.600. The lowest BCUT2D eigenvalue weighted by atomic mass is 10.2. The van der Waals surface area contributed by atoms with Crippen molar-refractivity contribution in [1.29, 1.82) is 0 Å². The third kappa shape index (κ3) is 2.80. The molecule has 0 saturated heterocycles. The molecule has 1 nitrogen and oxygen atoms in total. The lowest BCUT2D eigenvalue weighted by Crippen LogP contribution is -1.96. The molecule has 0 saturated carbocycles. The van der Waals surface area contributed by atoms with Gasteiger partial charge in [0, 0.05) is 5.02 Å². The lowest BCUT2D eigenvalue weighted by molar-refractivity contribution is 0.106. The molecule has 0 aliphatic carbocycles. The van der Waals surface area contributed by atoms with E-state index < -0.39 is 6.67 Å². The second kappa shape index (κ2) is 5.12. The van der Waals surface area contributed by atoms with E-state index in [1.807, 2.05) is 18.2 Å². The van der Waals surface area contributed by atoms with E-state index >= 15 is 0 Å². The molecule has 0 aliphatic heterocycles. The summed E-state index contributed by atoms with van der Waals surface area (Å²) < 4.78 is 16.6. The first-order chi connectivity index (χ1) is 5.84. The molecule has 1 rings (SSSR count). The number of rotatable bonds is 4. The summed E-state index contributed by atoms with van der Waals surface area (Å²) >= 11 is 5.83. The molecule has 0 fully saturated rings. The minimum atomic E-state index is -0.454. The van der Waals surface area contributed by atoms with E-state index in [9.17, 15) is 4.39 Å². The van der Waals surface area contributed by atoms with E-state index in [4.69, 9.17) is 16.3 Å². The first-order valence-corrected chi connectivity index (χ1v) is 4.09. The van der Waals surface area contributed by atoms with Crippen LogP contribution in [0.4, 0.5) is 4.39 Å². The van der Waals surface area contributed by atoms with Gasteiger partial charge in [-0.3, -0.25) is 0 Å². The van der Waals surface area contributed by atoms with E-state index in [0.29, 0.717) is 11.6 Å². The standard InChI is InChI=1S/C9H10ClFO/c10-9-4-2-1-3-8(9)7-12-6-5-11/h1-4H,5-7H2. The highest BCUT2D eigenvalue weighted by molar-refractivity contribution is 6.31. The minimum absolute atomic E-state index is 0.130. The van der Waals surface area contributed by atoms with Gasteiger partial charge in [-0.15, -0.1) is 0 Å². The molecule has 0 aromatic heterocycles. The first kappa shape index (κ1) is 9.49. The minimum Gasteiger partial charge on any atom is -0.374 e. The van der Waals surface area contributed by atoms with Gasteiger partial charge in [-0.2, -0.15) is 0 Å². The number of alkyl halides is 1. The summed E-state index contributed by atoms with van der Waals surface area (Å²) in [6, 6.07) is 7.37. The van der Waals surface area contributed by atoms with Crippen LogP contribution in [0.25, 0.3) is 0 Å². The van der Waals surface area contributed by atoms with Crippen LogP contribution < -0.4 is 0 Å². The molecule has 12 heavy (non-hydrogen) atoms. The Kier molecular flexibility index (Phi) is 4.05. The maximum atomic E-state index is 11.6. The number of halogens is 2. The highest BCUT2D eigenvalue weighted by Crippen LogP contribution is 2.15. The quantitative estimate of drug-likeness (QED) is 0.661. The van der Waals surface area contributed by atoms with Gasteiger partial charge >= 0.3 is 0 Å². The predicted molar refractivity (Wildman–Crippen MR) is 47.1 cm³/mol. The third-order valence-corrected chi connectivity index (χ3v) is 1.81. The van der Waals surface area contributed by atoms with E-state index in [-0.39, 0.29) is 6.61 Å². The van der Waals surface area contributed by atoms with Gasteiger partial charge in [0.1, 0.15) is 6.67 Å². The fraction of sp³-hybridized carbons (Fsp3) is 0.333. The van der Waals surface area contributed by atoms with Crippen molar-refractivity contribution in [3.8, 4) is 0 Å². The summed E-state index contributed by atoms with van der Waals surface area (Å²) in [4.78, 5) is 0. The maximum absolute atomic E-state index is 11.6. The van der Waals surface area contributed by atoms with Gasteiger partial charge in [0.2, 0.25) is 0 Å². The maximum Gasteiger partial charge on any atom is 0.113 e. The molecule has 3 heteroatoms. The van der Waals surface area contributed by atoms with Crippen LogP contribution in [0.1, 0.15) is 5.56 Å². The Morgan fingerprint density at radius 1 is 1.33 bits per heavy atom. The Balaban J connectivity index is 2.46. The fourth-order valence-electron chi connectivity index (χ4n) is 0.852. The van der Waals surface area contributed by atoms with Crippen LogP contribution in [-0.4, -0.2) is 13.3 Å². The molecule has 0 amide bonds. The number of ether oxygens (including phenoxy) is 1. The average molecular weight is 189 g/mol. The van der Waals surface area contributed by atoms with E-state index in [0.717, 1.165) is 5.56 Å². The average Bonchev–Trinajstić information content (AvgIpc) is 2.09. The number of benzene rings is 1. The van der Waals surface area contributed by atoms with Crippen molar-refractivity contribution in [2.75, 3.05) is 13.3 Å². The molecule has 0 aliphatic rings. The summed E-state index contributed by atoms with van der Waals surface area (Å²) in [5, 5.41) is 0.663. The molecule has 0 heterocycles. The molecule has 0 radical (unpaired) electrons. The highest BCUT2D eigenvalue weighted by atomic mass is 35.5. The van der Waals surface area contributed by atoms with Gasteiger partial charge < -0.3 is 4.74 Å². The van der Waals surface area contributed by atoms with Crippen LogP contribution >= 0.6 is 11.6 Å². The zero-order chi connectivity index (χ0) is 8.81. The molecule has 0 atom stereocenters. The topological polar surface area (TPSA) is 9.23 Å². The van der Waals surface area contributed by atoms with Crippen molar-refractivity contribution in [2.45, 2.75) is 6.61 Å². The molecule has 0 unspecified atom stereocenters. The third-order valence-electron chi connectivity index (χ3n) is 1.44. The molecule has 66 valence electrons. The van der Waals surface area contributed by atoms with Gasteiger partial charge in [-0.05, 0) is 11.6 Å². The van der Waals surface area contributed by atoms with Crippen LogP contribution in [0.5, 0.6) is 0 Å². The summed E-state index contributed by atoms with van der Waals surface area (Å²) in [5.41, 5.74) is 0.896. The summed E-state index contributed by atoms with van der Waals surface area (Å²) in [6.45, 7) is 0.0548. The second-order valence-electron chi connectivity index (χ2n) is 2.33. The zero-order valence-electron chi connectivity index (χ0n) is 6.59. The largest absolute Gasteiger partial charge is 0.374 e. The van der Waals surface area contributed by atoms with Gasteiger partial charge in [0.15, 0.2) is 0 Å². The SMILES string of the molecule is FCCOCc1ccccc1Cl. The molecular formula is C9H10ClFO. The van der Waals surface area contributed by atoms with Gasteiger partial charge in [0.05, 0.1) is 13.2 Å². The van der Waals surface area contributed by atoms with Crippen molar-refractivity contribution in [3.63, 3.8) is 0 Å². The summed E-state index contributed by atoms with van der Waals surface area (Å²) in [5.74, 6) is 0. The van der Waals surface area contributed by atoms with Crippen molar-refractivity contribution in [2.24, 2.45) is 0 Å². The Morgan fingerprint density at radius 2 is 2.08 bits per heavy atom. The van der Waals surface area contributed by atoms with E-state index in [2.05, 4.69) is 0 Å². The van der Waals surface area contributed by atoms with Gasteiger partial charge in [-0.25, -0.2) is 4.39 Å². The fourth-order valence-corrected chi connectivity index (χ4v) is 1.04. The lowest BCUT2D eigenvalue weighted by Gasteiger charge is -2.03. The van der Waals surface area contributed by atoms with Crippen molar-refractivity contribution in [3.05, 3.63) is 34.9 Å². The van der Waals surface area contributed by atoms with Crippen LogP contribution in [0.15, 0.2) is 24.3 Å². The number of hydrogen-bond donors (Lipinski definition) is 0. The molecule has 0 N–H and O–H groups in total. The van der Waals surface area contributed by atoms with Gasteiger partial charge in [-0.1, -0.05) is 29.8 Å². The monoisotopic (exact) mass is 188 g/mol. The van der Waals surface area contributed by atoms with Crippen molar-refractivity contribution in [1.82, 2.24) is 0 Å². The smallest absolute Gasteiger partial charge is 0.113 e. The Labute approximate surface area is 76.1 Å². The van der Waals surface area contributed by atoms with Crippen molar-refractivity contribution < 1.29 is 9.13 Å². The molecule has 1 aromatic rings. The highest BCUT2D eigenvalue weighted by Gasteiger charge is 1.97. The van der Waals surface area contributed by atoms with Gasteiger partial charge in [0.25, 0.3) is 0 Å². The van der Waals surface area contributed by atoms with E-state index in [1.165, 1.54) is 0 Å². The molecule has 1 aromatic carbocycles. The molecular weight excluding hydrogens is 179 g/mol. The van der Waals surface area contributed by atoms with Crippen LogP contribution in [0.2, 0.25) is 5.02 Å². The normalized spacial score (nSPS) is 10.2. The summed E-state index contributed by atoms with van der Waals surface area (Å²) in [6.07, 6.45) is 0. The number of hydrogen-bond acceptors (Lipinski definition) is 1. The Morgan fingerprint density at radius 3 is 2.75 bits per heavy atom. The predicted octanol–water partition coefficient (Wildman–Crippen LogP) is 2.83. The van der Waals surface area contributed by atoms with Crippen molar-refractivity contribution >= 4 is 11.6 Å².